The smallest absolute Gasteiger partial charge is 0.191 e. The summed E-state index contributed by atoms with van der Waals surface area (Å²) in [5, 5.41) is 9.85. The van der Waals surface area contributed by atoms with Gasteiger partial charge in [0.05, 0.1) is 26.4 Å². The molecule has 0 N–H and O–H groups in total. The summed E-state index contributed by atoms with van der Waals surface area (Å²) in [5.41, 5.74) is 2.21. The van der Waals surface area contributed by atoms with Crippen molar-refractivity contribution >= 4 is 11.8 Å². The van der Waals surface area contributed by atoms with Gasteiger partial charge in [-0.3, -0.25) is 4.57 Å². The summed E-state index contributed by atoms with van der Waals surface area (Å²) in [6.07, 6.45) is 2.39. The molecule has 1 aromatic heterocycles. The van der Waals surface area contributed by atoms with Crippen molar-refractivity contribution in [3.05, 3.63) is 54.1 Å². The van der Waals surface area contributed by atoms with E-state index in [1.165, 1.54) is 5.56 Å². The van der Waals surface area contributed by atoms with Gasteiger partial charge in [0.15, 0.2) is 11.0 Å². The molecule has 4 rings (SSSR count). The Morgan fingerprint density at radius 3 is 2.73 bits per heavy atom. The van der Waals surface area contributed by atoms with Crippen molar-refractivity contribution in [3.8, 4) is 22.9 Å². The number of nitrogens with zero attached hydrogens (tertiary/aromatic N) is 3. The molecule has 2 aromatic carbocycles. The standard InChI is InChI=1S/C23H27N3O3S/c1-17-5-3-6-20(15-17)29-13-14-30-23-25-24-22(18-8-10-19(27-2)11-9-18)26(23)16-21-7-4-12-28-21/h3,5-6,8-11,15,21H,4,7,12-14,16H2,1-2H3. The fourth-order valence-corrected chi connectivity index (χ4v) is 4.27. The zero-order valence-corrected chi connectivity index (χ0v) is 18.2. The largest absolute Gasteiger partial charge is 0.497 e. The van der Waals surface area contributed by atoms with Gasteiger partial charge in [-0.05, 0) is 61.7 Å². The molecule has 1 unspecified atom stereocenters. The second kappa shape index (κ2) is 10.00. The molecular weight excluding hydrogens is 398 g/mol. The van der Waals surface area contributed by atoms with Crippen LogP contribution in [0.5, 0.6) is 11.5 Å². The SMILES string of the molecule is COc1ccc(-c2nnc(SCCOc3cccc(C)c3)n2CC2CCCO2)cc1. The Hall–Kier alpha value is -2.51. The lowest BCUT2D eigenvalue weighted by atomic mass is 10.2. The maximum atomic E-state index is 5.88. The van der Waals surface area contributed by atoms with Gasteiger partial charge in [0.25, 0.3) is 0 Å². The van der Waals surface area contributed by atoms with Crippen LogP contribution in [0.2, 0.25) is 0 Å². The average Bonchev–Trinajstić information content (AvgIpc) is 3.42. The lowest BCUT2D eigenvalue weighted by Crippen LogP contribution is -2.17. The predicted octanol–water partition coefficient (Wildman–Crippen LogP) is 4.61. The van der Waals surface area contributed by atoms with Gasteiger partial charge in [-0.15, -0.1) is 10.2 Å². The first-order chi connectivity index (χ1) is 14.7. The van der Waals surface area contributed by atoms with Gasteiger partial charge in [-0.2, -0.15) is 0 Å². The second-order valence-corrected chi connectivity index (χ2v) is 8.36. The molecule has 0 radical (unpaired) electrons. The molecule has 158 valence electrons. The Bertz CT molecular complexity index is 953. The highest BCUT2D eigenvalue weighted by atomic mass is 32.2. The van der Waals surface area contributed by atoms with E-state index in [1.54, 1.807) is 18.9 Å². The fourth-order valence-electron chi connectivity index (χ4n) is 3.50. The van der Waals surface area contributed by atoms with E-state index in [0.717, 1.165) is 59.8 Å². The Kier molecular flexibility index (Phi) is 6.92. The number of thioether (sulfide) groups is 1. The third-order valence-electron chi connectivity index (χ3n) is 5.05. The molecule has 1 aliphatic heterocycles. The van der Waals surface area contributed by atoms with Crippen LogP contribution in [-0.2, 0) is 11.3 Å². The molecule has 2 heterocycles. The summed E-state index contributed by atoms with van der Waals surface area (Å²) in [7, 11) is 1.67. The Labute approximate surface area is 181 Å². The zero-order chi connectivity index (χ0) is 20.8. The lowest BCUT2D eigenvalue weighted by molar-refractivity contribution is 0.0953. The average molecular weight is 426 g/mol. The quantitative estimate of drug-likeness (QED) is 0.369. The summed E-state index contributed by atoms with van der Waals surface area (Å²) in [6, 6.07) is 16.0. The monoisotopic (exact) mass is 425 g/mol. The zero-order valence-electron chi connectivity index (χ0n) is 17.4. The molecule has 0 amide bonds. The number of methoxy groups -OCH3 is 1. The minimum absolute atomic E-state index is 0.209. The molecule has 7 heteroatoms. The maximum absolute atomic E-state index is 5.88. The summed E-state index contributed by atoms with van der Waals surface area (Å²) in [6.45, 7) is 4.27. The molecular formula is C23H27N3O3S. The van der Waals surface area contributed by atoms with Crippen molar-refractivity contribution in [1.29, 1.82) is 0 Å². The minimum atomic E-state index is 0.209. The van der Waals surface area contributed by atoms with Crippen LogP contribution in [-0.4, -0.2) is 46.9 Å². The van der Waals surface area contributed by atoms with E-state index in [4.69, 9.17) is 14.2 Å². The van der Waals surface area contributed by atoms with Gasteiger partial charge in [0.2, 0.25) is 0 Å². The molecule has 1 aliphatic rings. The summed E-state index contributed by atoms with van der Waals surface area (Å²) >= 11 is 1.66. The number of rotatable bonds is 9. The highest BCUT2D eigenvalue weighted by molar-refractivity contribution is 7.99. The van der Waals surface area contributed by atoms with Crippen LogP contribution in [0.4, 0.5) is 0 Å². The van der Waals surface area contributed by atoms with Gasteiger partial charge >= 0.3 is 0 Å². The van der Waals surface area contributed by atoms with E-state index in [2.05, 4.69) is 27.8 Å². The molecule has 30 heavy (non-hydrogen) atoms. The molecule has 6 nitrogen and oxygen atoms in total. The summed E-state index contributed by atoms with van der Waals surface area (Å²) in [5.74, 6) is 3.37. The van der Waals surface area contributed by atoms with Crippen molar-refractivity contribution in [2.45, 2.75) is 37.6 Å². The number of ether oxygens (including phenoxy) is 3. The van der Waals surface area contributed by atoms with Crippen LogP contribution in [0.25, 0.3) is 11.4 Å². The first-order valence-electron chi connectivity index (χ1n) is 10.2. The van der Waals surface area contributed by atoms with Crippen molar-refractivity contribution in [2.24, 2.45) is 0 Å². The second-order valence-electron chi connectivity index (χ2n) is 7.29. The molecule has 0 spiro atoms. The maximum Gasteiger partial charge on any atom is 0.191 e. The Balaban J connectivity index is 1.46. The van der Waals surface area contributed by atoms with E-state index >= 15 is 0 Å². The Morgan fingerprint density at radius 2 is 2.00 bits per heavy atom. The predicted molar refractivity (Wildman–Crippen MR) is 118 cm³/mol. The normalized spacial score (nSPS) is 16.0. The van der Waals surface area contributed by atoms with Crippen LogP contribution in [0.1, 0.15) is 18.4 Å². The fraction of sp³-hybridized carbons (Fsp3) is 0.391. The molecule has 0 aliphatic carbocycles. The van der Waals surface area contributed by atoms with E-state index in [9.17, 15) is 0 Å². The van der Waals surface area contributed by atoms with Crippen LogP contribution < -0.4 is 9.47 Å². The molecule has 3 aromatic rings. The highest BCUT2D eigenvalue weighted by Crippen LogP contribution is 2.28. The molecule has 1 fully saturated rings. The first-order valence-corrected chi connectivity index (χ1v) is 11.2. The van der Waals surface area contributed by atoms with Gasteiger partial charge in [-0.1, -0.05) is 23.9 Å². The number of benzene rings is 2. The van der Waals surface area contributed by atoms with Crippen LogP contribution in [0.15, 0.2) is 53.7 Å². The first kappa shape index (κ1) is 20.8. The number of aromatic nitrogens is 3. The van der Waals surface area contributed by atoms with E-state index < -0.39 is 0 Å². The third kappa shape index (κ3) is 5.15. The van der Waals surface area contributed by atoms with Crippen molar-refractivity contribution in [3.63, 3.8) is 0 Å². The van der Waals surface area contributed by atoms with Gasteiger partial charge in [0.1, 0.15) is 11.5 Å². The lowest BCUT2D eigenvalue weighted by Gasteiger charge is -2.15. The van der Waals surface area contributed by atoms with Gasteiger partial charge < -0.3 is 14.2 Å². The van der Waals surface area contributed by atoms with Gasteiger partial charge in [0, 0.05) is 17.9 Å². The third-order valence-corrected chi connectivity index (χ3v) is 5.98. The highest BCUT2D eigenvalue weighted by Gasteiger charge is 2.21. The van der Waals surface area contributed by atoms with E-state index in [-0.39, 0.29) is 6.10 Å². The summed E-state index contributed by atoms with van der Waals surface area (Å²) in [4.78, 5) is 0. The Morgan fingerprint density at radius 1 is 1.13 bits per heavy atom. The summed E-state index contributed by atoms with van der Waals surface area (Å²) < 4.78 is 19.2. The molecule has 1 saturated heterocycles. The topological polar surface area (TPSA) is 58.4 Å². The molecule has 0 saturated carbocycles. The number of hydrogen-bond acceptors (Lipinski definition) is 6. The van der Waals surface area contributed by atoms with Crippen molar-refractivity contribution < 1.29 is 14.2 Å². The number of hydrogen-bond donors (Lipinski definition) is 0. The number of aryl methyl sites for hydroxylation is 1. The van der Waals surface area contributed by atoms with E-state index in [0.29, 0.717) is 6.61 Å². The van der Waals surface area contributed by atoms with Crippen LogP contribution in [0, 0.1) is 6.92 Å². The molecule has 0 bridgehead atoms. The minimum Gasteiger partial charge on any atom is -0.497 e. The van der Waals surface area contributed by atoms with Gasteiger partial charge in [-0.25, -0.2) is 0 Å². The van der Waals surface area contributed by atoms with Crippen LogP contribution >= 0.6 is 11.8 Å². The van der Waals surface area contributed by atoms with E-state index in [1.807, 2.05) is 42.5 Å². The van der Waals surface area contributed by atoms with Crippen LogP contribution in [0.3, 0.4) is 0 Å². The van der Waals surface area contributed by atoms with Crippen molar-refractivity contribution in [2.75, 3.05) is 26.1 Å². The van der Waals surface area contributed by atoms with Crippen molar-refractivity contribution in [1.82, 2.24) is 14.8 Å². The molecule has 1 atom stereocenters.